The van der Waals surface area contributed by atoms with E-state index in [1.54, 1.807) is 0 Å². The summed E-state index contributed by atoms with van der Waals surface area (Å²) in [6, 6.07) is 7.84. The van der Waals surface area contributed by atoms with E-state index in [0.717, 1.165) is 16.5 Å². The van der Waals surface area contributed by atoms with Gasteiger partial charge in [0.15, 0.2) is 0 Å². The van der Waals surface area contributed by atoms with Gasteiger partial charge in [-0.25, -0.2) is 0 Å². The standard InChI is InChI=1S/C12H17BrO/c1-9(2)8-12(3,14)10-6-4-5-7-11(10)13/h4-7,9,14H,8H2,1-3H3. The number of hydrogen-bond donors (Lipinski definition) is 1. The highest BCUT2D eigenvalue weighted by Crippen LogP contribution is 2.32. The molecule has 2 heteroatoms. The van der Waals surface area contributed by atoms with Gasteiger partial charge in [0.05, 0.1) is 5.60 Å². The SMILES string of the molecule is CC(C)CC(C)(O)c1ccccc1Br. The zero-order valence-electron chi connectivity index (χ0n) is 8.92. The molecule has 1 unspecified atom stereocenters. The van der Waals surface area contributed by atoms with Crippen LogP contribution >= 0.6 is 15.9 Å². The van der Waals surface area contributed by atoms with Gasteiger partial charge in [-0.15, -0.1) is 0 Å². The monoisotopic (exact) mass is 256 g/mol. The Bertz CT molecular complexity index is 305. The van der Waals surface area contributed by atoms with Gasteiger partial charge >= 0.3 is 0 Å². The summed E-state index contributed by atoms with van der Waals surface area (Å²) in [6.07, 6.45) is 0.773. The van der Waals surface area contributed by atoms with Gasteiger partial charge in [0.25, 0.3) is 0 Å². The van der Waals surface area contributed by atoms with Crippen LogP contribution in [0, 0.1) is 5.92 Å². The van der Waals surface area contributed by atoms with Crippen LogP contribution in [-0.4, -0.2) is 5.11 Å². The highest BCUT2D eigenvalue weighted by Gasteiger charge is 2.25. The average molecular weight is 257 g/mol. The fourth-order valence-electron chi connectivity index (χ4n) is 1.80. The van der Waals surface area contributed by atoms with Gasteiger partial charge in [-0.3, -0.25) is 0 Å². The maximum atomic E-state index is 10.3. The third-order valence-electron chi connectivity index (χ3n) is 2.26. The second-order valence-electron chi connectivity index (χ2n) is 4.35. The van der Waals surface area contributed by atoms with Gasteiger partial charge in [0.1, 0.15) is 0 Å². The Morgan fingerprint density at radius 1 is 1.36 bits per heavy atom. The summed E-state index contributed by atoms with van der Waals surface area (Å²) >= 11 is 3.46. The van der Waals surface area contributed by atoms with E-state index in [0.29, 0.717) is 5.92 Å². The van der Waals surface area contributed by atoms with Crippen LogP contribution in [0.4, 0.5) is 0 Å². The maximum absolute atomic E-state index is 10.3. The Hall–Kier alpha value is -0.340. The van der Waals surface area contributed by atoms with Crippen LogP contribution in [0.5, 0.6) is 0 Å². The summed E-state index contributed by atoms with van der Waals surface area (Å²) in [6.45, 7) is 6.10. The molecule has 1 aromatic rings. The van der Waals surface area contributed by atoms with Crippen LogP contribution < -0.4 is 0 Å². The van der Waals surface area contributed by atoms with Gasteiger partial charge in [0, 0.05) is 4.47 Å². The Morgan fingerprint density at radius 3 is 2.43 bits per heavy atom. The van der Waals surface area contributed by atoms with E-state index in [1.165, 1.54) is 0 Å². The smallest absolute Gasteiger partial charge is 0.0881 e. The van der Waals surface area contributed by atoms with Gasteiger partial charge in [0.2, 0.25) is 0 Å². The van der Waals surface area contributed by atoms with Crippen molar-refractivity contribution in [3.05, 3.63) is 34.3 Å². The molecule has 0 spiro atoms. The van der Waals surface area contributed by atoms with E-state index in [1.807, 2.05) is 31.2 Å². The summed E-state index contributed by atoms with van der Waals surface area (Å²) in [5.74, 6) is 0.483. The first-order chi connectivity index (χ1) is 6.43. The van der Waals surface area contributed by atoms with Crippen LogP contribution in [-0.2, 0) is 5.60 Å². The normalized spacial score (nSPS) is 15.6. The highest BCUT2D eigenvalue weighted by molar-refractivity contribution is 9.10. The van der Waals surface area contributed by atoms with Crippen molar-refractivity contribution >= 4 is 15.9 Å². The predicted octanol–water partition coefficient (Wildman–Crippen LogP) is 3.70. The van der Waals surface area contributed by atoms with Crippen molar-refractivity contribution in [1.82, 2.24) is 0 Å². The quantitative estimate of drug-likeness (QED) is 0.875. The van der Waals surface area contributed by atoms with Gasteiger partial charge in [-0.05, 0) is 30.9 Å². The Kier molecular flexibility index (Phi) is 3.73. The molecule has 14 heavy (non-hydrogen) atoms. The molecule has 1 atom stereocenters. The molecule has 0 aliphatic rings. The Balaban J connectivity index is 2.97. The molecule has 0 saturated heterocycles. The summed E-state index contributed by atoms with van der Waals surface area (Å²) in [5, 5.41) is 10.3. The lowest BCUT2D eigenvalue weighted by Crippen LogP contribution is -2.23. The lowest BCUT2D eigenvalue weighted by atomic mass is 9.87. The molecule has 0 amide bonds. The third-order valence-corrected chi connectivity index (χ3v) is 2.95. The predicted molar refractivity (Wildman–Crippen MR) is 63.2 cm³/mol. The molecule has 0 radical (unpaired) electrons. The highest BCUT2D eigenvalue weighted by atomic mass is 79.9. The van der Waals surface area contributed by atoms with Crippen molar-refractivity contribution in [3.63, 3.8) is 0 Å². The molecule has 0 aliphatic carbocycles. The minimum atomic E-state index is -0.742. The van der Waals surface area contributed by atoms with E-state index in [4.69, 9.17) is 0 Å². The summed E-state index contributed by atoms with van der Waals surface area (Å²) < 4.78 is 0.977. The van der Waals surface area contributed by atoms with Crippen LogP contribution in [0.2, 0.25) is 0 Å². The van der Waals surface area contributed by atoms with E-state index in [2.05, 4.69) is 29.8 Å². The molecule has 0 aliphatic heterocycles. The zero-order valence-corrected chi connectivity index (χ0v) is 10.5. The van der Waals surface area contributed by atoms with Crippen molar-refractivity contribution in [3.8, 4) is 0 Å². The van der Waals surface area contributed by atoms with Crippen molar-refractivity contribution in [1.29, 1.82) is 0 Å². The summed E-state index contributed by atoms with van der Waals surface area (Å²) in [4.78, 5) is 0. The number of hydrogen-bond acceptors (Lipinski definition) is 1. The first-order valence-electron chi connectivity index (χ1n) is 4.91. The molecule has 0 bridgehead atoms. The first kappa shape index (κ1) is 11.7. The minimum Gasteiger partial charge on any atom is -0.385 e. The van der Waals surface area contributed by atoms with Gasteiger partial charge < -0.3 is 5.11 Å². The molecular formula is C12H17BrO. The van der Waals surface area contributed by atoms with E-state index >= 15 is 0 Å². The number of halogens is 1. The second kappa shape index (κ2) is 4.45. The largest absolute Gasteiger partial charge is 0.385 e. The van der Waals surface area contributed by atoms with E-state index in [-0.39, 0.29) is 0 Å². The minimum absolute atomic E-state index is 0.483. The molecule has 0 heterocycles. The topological polar surface area (TPSA) is 20.2 Å². The molecule has 0 fully saturated rings. The number of rotatable bonds is 3. The molecule has 78 valence electrons. The summed E-state index contributed by atoms with van der Waals surface area (Å²) in [5.41, 5.74) is 0.225. The van der Waals surface area contributed by atoms with Crippen molar-refractivity contribution in [2.45, 2.75) is 32.8 Å². The number of aliphatic hydroxyl groups is 1. The fourth-order valence-corrected chi connectivity index (χ4v) is 2.51. The fraction of sp³-hybridized carbons (Fsp3) is 0.500. The van der Waals surface area contributed by atoms with Crippen LogP contribution in [0.25, 0.3) is 0 Å². The van der Waals surface area contributed by atoms with Crippen LogP contribution in [0.15, 0.2) is 28.7 Å². The molecular weight excluding hydrogens is 240 g/mol. The van der Waals surface area contributed by atoms with E-state index in [9.17, 15) is 5.11 Å². The molecule has 0 aromatic heterocycles. The van der Waals surface area contributed by atoms with Gasteiger partial charge in [-0.1, -0.05) is 48.0 Å². The van der Waals surface area contributed by atoms with Crippen molar-refractivity contribution < 1.29 is 5.11 Å². The molecule has 0 saturated carbocycles. The molecule has 1 nitrogen and oxygen atoms in total. The first-order valence-corrected chi connectivity index (χ1v) is 5.70. The molecule has 1 aromatic carbocycles. The van der Waals surface area contributed by atoms with E-state index < -0.39 is 5.60 Å². The van der Waals surface area contributed by atoms with Gasteiger partial charge in [-0.2, -0.15) is 0 Å². The van der Waals surface area contributed by atoms with Crippen molar-refractivity contribution in [2.75, 3.05) is 0 Å². The maximum Gasteiger partial charge on any atom is 0.0881 e. The Labute approximate surface area is 94.3 Å². The zero-order chi connectivity index (χ0) is 10.8. The Morgan fingerprint density at radius 2 is 1.93 bits per heavy atom. The molecule has 1 N–H and O–H groups in total. The van der Waals surface area contributed by atoms with Crippen LogP contribution in [0.3, 0.4) is 0 Å². The third kappa shape index (κ3) is 2.82. The second-order valence-corrected chi connectivity index (χ2v) is 5.21. The summed E-state index contributed by atoms with van der Waals surface area (Å²) in [7, 11) is 0. The van der Waals surface area contributed by atoms with Crippen molar-refractivity contribution in [2.24, 2.45) is 5.92 Å². The van der Waals surface area contributed by atoms with Crippen LogP contribution in [0.1, 0.15) is 32.8 Å². The molecule has 1 rings (SSSR count). The number of benzene rings is 1. The lowest BCUT2D eigenvalue weighted by Gasteiger charge is -2.26. The lowest BCUT2D eigenvalue weighted by molar-refractivity contribution is 0.0342. The average Bonchev–Trinajstić information content (AvgIpc) is 2.02.